The first-order valence-electron chi connectivity index (χ1n) is 7.57. The van der Waals surface area contributed by atoms with Crippen molar-refractivity contribution in [2.45, 2.75) is 19.4 Å². The predicted molar refractivity (Wildman–Crippen MR) is 86.7 cm³/mol. The van der Waals surface area contributed by atoms with Gasteiger partial charge in [-0.2, -0.15) is 0 Å². The summed E-state index contributed by atoms with van der Waals surface area (Å²) < 4.78 is 7.14. The minimum absolute atomic E-state index is 0.199. The molecule has 24 heavy (non-hydrogen) atoms. The summed E-state index contributed by atoms with van der Waals surface area (Å²) in [6.45, 7) is 1.94. The first-order chi connectivity index (χ1) is 11.6. The Kier molecular flexibility index (Phi) is 4.76. The molecule has 8 nitrogen and oxygen atoms in total. The number of allylic oxidation sites excluding steroid dienone is 1. The number of carbonyl (C=O) groups excluding carboxylic acids is 2. The van der Waals surface area contributed by atoms with Crippen LogP contribution in [0.1, 0.15) is 12.7 Å². The largest absolute Gasteiger partial charge is 0.355 e. The number of pyridine rings is 1. The van der Waals surface area contributed by atoms with E-state index in [0.29, 0.717) is 18.7 Å². The van der Waals surface area contributed by atoms with Gasteiger partial charge in [-0.25, -0.2) is 0 Å². The molecular formula is C16H17N5O3. The molecule has 0 saturated carbocycles. The lowest BCUT2D eigenvalue weighted by Crippen LogP contribution is -2.34. The second kappa shape index (κ2) is 7.14. The average molecular weight is 327 g/mol. The van der Waals surface area contributed by atoms with Gasteiger partial charge in [0.05, 0.1) is 0 Å². The van der Waals surface area contributed by atoms with E-state index in [1.54, 1.807) is 6.92 Å². The molecular weight excluding hydrogens is 310 g/mol. The molecule has 1 N–H and O–H groups in total. The van der Waals surface area contributed by atoms with E-state index >= 15 is 0 Å². The zero-order valence-corrected chi connectivity index (χ0v) is 13.2. The van der Waals surface area contributed by atoms with E-state index in [-0.39, 0.29) is 18.3 Å². The SMILES string of the molecule is CC1=CC(=O)C(OCC(=O)NCCc2nnc3ccccn23)C=N1. The number of fused-ring (bicyclic) bond motifs is 1. The molecule has 8 heteroatoms. The summed E-state index contributed by atoms with van der Waals surface area (Å²) in [7, 11) is 0. The van der Waals surface area contributed by atoms with Crippen LogP contribution in [0.25, 0.3) is 5.65 Å². The maximum absolute atomic E-state index is 11.8. The first-order valence-corrected chi connectivity index (χ1v) is 7.57. The molecule has 1 aliphatic heterocycles. The van der Waals surface area contributed by atoms with Gasteiger partial charge in [-0.05, 0) is 19.1 Å². The lowest BCUT2D eigenvalue weighted by Gasteiger charge is -2.13. The van der Waals surface area contributed by atoms with E-state index < -0.39 is 6.10 Å². The van der Waals surface area contributed by atoms with Crippen LogP contribution in [-0.4, -0.2) is 51.8 Å². The van der Waals surface area contributed by atoms with Crippen molar-refractivity contribution in [1.82, 2.24) is 19.9 Å². The maximum atomic E-state index is 11.8. The summed E-state index contributed by atoms with van der Waals surface area (Å²) in [5, 5.41) is 10.9. The molecule has 1 aliphatic rings. The zero-order chi connectivity index (χ0) is 16.9. The standard InChI is InChI=1S/C16H17N5O3/c1-11-8-12(22)13(9-18-11)24-10-16(23)17-6-5-15-20-19-14-4-2-3-7-21(14)15/h2-4,7-9,13H,5-6,10H2,1H3,(H,17,23). The van der Waals surface area contributed by atoms with Crippen LogP contribution >= 0.6 is 0 Å². The molecule has 0 saturated heterocycles. The van der Waals surface area contributed by atoms with Crippen molar-refractivity contribution in [3.63, 3.8) is 0 Å². The normalized spacial score (nSPS) is 17.1. The molecule has 0 fully saturated rings. The monoisotopic (exact) mass is 327 g/mol. The third-order valence-electron chi connectivity index (χ3n) is 3.49. The Balaban J connectivity index is 1.43. The molecule has 124 valence electrons. The topological polar surface area (TPSA) is 98.0 Å². The van der Waals surface area contributed by atoms with Gasteiger partial charge >= 0.3 is 0 Å². The second-order valence-electron chi connectivity index (χ2n) is 5.34. The molecule has 0 aliphatic carbocycles. The zero-order valence-electron chi connectivity index (χ0n) is 13.2. The number of hydrogen-bond donors (Lipinski definition) is 1. The average Bonchev–Trinajstić information content (AvgIpc) is 2.97. The van der Waals surface area contributed by atoms with Gasteiger partial charge in [-0.3, -0.25) is 19.0 Å². The summed E-state index contributed by atoms with van der Waals surface area (Å²) in [6, 6.07) is 5.65. The van der Waals surface area contributed by atoms with Crippen molar-refractivity contribution in [3.05, 3.63) is 42.0 Å². The summed E-state index contributed by atoms with van der Waals surface area (Å²) >= 11 is 0. The van der Waals surface area contributed by atoms with Crippen LogP contribution in [0.4, 0.5) is 0 Å². The summed E-state index contributed by atoms with van der Waals surface area (Å²) in [5.41, 5.74) is 1.39. The van der Waals surface area contributed by atoms with Crippen molar-refractivity contribution in [1.29, 1.82) is 0 Å². The van der Waals surface area contributed by atoms with Crippen LogP contribution in [0.2, 0.25) is 0 Å². The number of carbonyl (C=O) groups is 2. The Bertz CT molecular complexity index is 824. The van der Waals surface area contributed by atoms with Gasteiger partial charge in [0.15, 0.2) is 17.5 Å². The highest BCUT2D eigenvalue weighted by atomic mass is 16.5. The molecule has 1 unspecified atom stereocenters. The van der Waals surface area contributed by atoms with Crippen LogP contribution < -0.4 is 5.32 Å². The molecule has 2 aromatic rings. The van der Waals surface area contributed by atoms with Crippen molar-refractivity contribution in [2.24, 2.45) is 4.99 Å². The van der Waals surface area contributed by atoms with E-state index in [2.05, 4.69) is 20.5 Å². The lowest BCUT2D eigenvalue weighted by atomic mass is 10.2. The van der Waals surface area contributed by atoms with Gasteiger partial charge in [-0.15, -0.1) is 10.2 Å². The number of nitrogens with one attached hydrogen (secondary N) is 1. The first kappa shape index (κ1) is 16.0. The Morgan fingerprint density at radius 2 is 2.25 bits per heavy atom. The molecule has 0 radical (unpaired) electrons. The predicted octanol–water partition coefficient (Wildman–Crippen LogP) is 0.330. The summed E-state index contributed by atoms with van der Waals surface area (Å²) in [6.07, 6.45) is 4.44. The van der Waals surface area contributed by atoms with Gasteiger partial charge in [0.1, 0.15) is 12.4 Å². The molecule has 1 amide bonds. The van der Waals surface area contributed by atoms with E-state index in [0.717, 1.165) is 11.5 Å². The fourth-order valence-electron chi connectivity index (χ4n) is 2.30. The van der Waals surface area contributed by atoms with Crippen LogP contribution in [0, 0.1) is 0 Å². The number of ether oxygens (including phenoxy) is 1. The molecule has 3 heterocycles. The summed E-state index contributed by atoms with van der Waals surface area (Å²) in [5.74, 6) is 0.267. The third-order valence-corrected chi connectivity index (χ3v) is 3.49. The molecule has 0 aromatic carbocycles. The van der Waals surface area contributed by atoms with Crippen LogP contribution in [0.5, 0.6) is 0 Å². The highest BCUT2D eigenvalue weighted by molar-refractivity contribution is 6.07. The maximum Gasteiger partial charge on any atom is 0.246 e. The molecule has 2 aromatic heterocycles. The fraction of sp³-hybridized carbons (Fsp3) is 0.312. The number of nitrogens with zero attached hydrogens (tertiary/aromatic N) is 4. The van der Waals surface area contributed by atoms with E-state index in [9.17, 15) is 9.59 Å². The third kappa shape index (κ3) is 3.72. The van der Waals surface area contributed by atoms with Gasteiger partial charge in [-0.1, -0.05) is 6.07 Å². The fourth-order valence-corrected chi connectivity index (χ4v) is 2.30. The molecule has 0 bridgehead atoms. The van der Waals surface area contributed by atoms with Gasteiger partial charge in [0, 0.05) is 37.2 Å². The molecule has 3 rings (SSSR count). The number of aliphatic imine (C=N–C) groups is 1. The number of hydrogen-bond acceptors (Lipinski definition) is 6. The van der Waals surface area contributed by atoms with E-state index in [1.807, 2.05) is 28.8 Å². The molecule has 1 atom stereocenters. The molecule has 0 spiro atoms. The summed E-state index contributed by atoms with van der Waals surface area (Å²) in [4.78, 5) is 27.5. The number of rotatable bonds is 6. The Morgan fingerprint density at radius 3 is 3.08 bits per heavy atom. The van der Waals surface area contributed by atoms with E-state index in [4.69, 9.17) is 4.74 Å². The van der Waals surface area contributed by atoms with Crippen molar-refractivity contribution < 1.29 is 14.3 Å². The van der Waals surface area contributed by atoms with Crippen molar-refractivity contribution in [2.75, 3.05) is 13.2 Å². The minimum atomic E-state index is -0.792. The highest BCUT2D eigenvalue weighted by Crippen LogP contribution is 2.06. The second-order valence-corrected chi connectivity index (χ2v) is 5.34. The van der Waals surface area contributed by atoms with Crippen LogP contribution in [-0.2, 0) is 20.7 Å². The van der Waals surface area contributed by atoms with E-state index in [1.165, 1.54) is 12.3 Å². The van der Waals surface area contributed by atoms with Crippen molar-refractivity contribution in [3.8, 4) is 0 Å². The van der Waals surface area contributed by atoms with Gasteiger partial charge in [0.25, 0.3) is 0 Å². The van der Waals surface area contributed by atoms with Crippen LogP contribution in [0.15, 0.2) is 41.2 Å². The lowest BCUT2D eigenvalue weighted by molar-refractivity contribution is -0.130. The number of ketones is 1. The van der Waals surface area contributed by atoms with Crippen molar-refractivity contribution >= 4 is 23.6 Å². The Labute approximate surface area is 138 Å². The highest BCUT2D eigenvalue weighted by Gasteiger charge is 2.19. The Morgan fingerprint density at radius 1 is 1.38 bits per heavy atom. The van der Waals surface area contributed by atoms with Gasteiger partial charge in [0.2, 0.25) is 5.91 Å². The van der Waals surface area contributed by atoms with Gasteiger partial charge < -0.3 is 10.1 Å². The smallest absolute Gasteiger partial charge is 0.246 e. The number of aromatic nitrogens is 3. The Hall–Kier alpha value is -2.87. The minimum Gasteiger partial charge on any atom is -0.355 e. The van der Waals surface area contributed by atoms with Crippen LogP contribution in [0.3, 0.4) is 0 Å². The number of amides is 1. The quantitative estimate of drug-likeness (QED) is 0.824.